The van der Waals surface area contributed by atoms with Crippen LogP contribution in [0.25, 0.3) is 11.1 Å². The van der Waals surface area contributed by atoms with Crippen LogP contribution >= 0.6 is 11.6 Å². The molecule has 0 bridgehead atoms. The smallest absolute Gasteiger partial charge is 0.310 e. The highest BCUT2D eigenvalue weighted by molar-refractivity contribution is 6.30. The van der Waals surface area contributed by atoms with Crippen molar-refractivity contribution in [2.75, 3.05) is 43.1 Å². The number of pyridine rings is 2. The van der Waals surface area contributed by atoms with Gasteiger partial charge in [0.05, 0.1) is 24.8 Å². The summed E-state index contributed by atoms with van der Waals surface area (Å²) in [6, 6.07) is 11.5. The molecular formula is C32H41ClN4O3. The van der Waals surface area contributed by atoms with Gasteiger partial charge in [-0.3, -0.25) is 9.78 Å². The molecule has 0 saturated carbocycles. The van der Waals surface area contributed by atoms with Gasteiger partial charge in [0.1, 0.15) is 18.2 Å². The molecule has 0 aliphatic carbocycles. The molecule has 0 atom stereocenters. The number of aromatic nitrogens is 2. The maximum atomic E-state index is 12.8. The van der Waals surface area contributed by atoms with E-state index in [1.165, 1.54) is 0 Å². The largest absolute Gasteiger partial charge is 0.492 e. The first-order valence-electron chi connectivity index (χ1n) is 14.0. The molecule has 8 heteroatoms. The molecule has 1 saturated heterocycles. The molecule has 0 spiro atoms. The number of carbonyl (C=O) groups is 1. The number of hydrogen-bond acceptors (Lipinski definition) is 7. The molecule has 40 heavy (non-hydrogen) atoms. The van der Waals surface area contributed by atoms with E-state index in [4.69, 9.17) is 31.0 Å². The SMILES string of the molecule is Cc1ncc(-c2ccc(N(C)CCOc3ccc(Cl)cc3)nc2)c(N2CCC(C)(C)CC2)c1CC(=O)OC(C)C. The summed E-state index contributed by atoms with van der Waals surface area (Å²) in [6.45, 7) is 13.4. The Morgan fingerprint density at radius 1 is 1.07 bits per heavy atom. The number of ether oxygens (including phenoxy) is 2. The number of halogens is 1. The van der Waals surface area contributed by atoms with E-state index < -0.39 is 0 Å². The molecule has 2 aromatic heterocycles. The molecule has 4 rings (SSSR count). The Balaban J connectivity index is 1.56. The number of likely N-dealkylation sites (N-methyl/N-ethyl adjacent to an activating group) is 1. The lowest BCUT2D eigenvalue weighted by molar-refractivity contribution is -0.146. The van der Waals surface area contributed by atoms with Crippen LogP contribution in [0.4, 0.5) is 11.5 Å². The van der Waals surface area contributed by atoms with Gasteiger partial charge in [-0.1, -0.05) is 25.4 Å². The van der Waals surface area contributed by atoms with Crippen molar-refractivity contribution in [3.8, 4) is 16.9 Å². The Morgan fingerprint density at radius 2 is 1.77 bits per heavy atom. The van der Waals surface area contributed by atoms with Crippen molar-refractivity contribution >= 4 is 29.1 Å². The molecule has 0 unspecified atom stereocenters. The van der Waals surface area contributed by atoms with Crippen LogP contribution in [0.5, 0.6) is 5.75 Å². The third kappa shape index (κ3) is 7.66. The molecule has 0 N–H and O–H groups in total. The minimum absolute atomic E-state index is 0.159. The molecule has 3 heterocycles. The van der Waals surface area contributed by atoms with Crippen molar-refractivity contribution in [1.82, 2.24) is 9.97 Å². The first kappa shape index (κ1) is 29.7. The second-order valence-corrected chi connectivity index (χ2v) is 12.0. The van der Waals surface area contributed by atoms with Crippen molar-refractivity contribution in [2.24, 2.45) is 5.41 Å². The average Bonchev–Trinajstić information content (AvgIpc) is 2.91. The summed E-state index contributed by atoms with van der Waals surface area (Å²) in [6.07, 6.45) is 6.03. The van der Waals surface area contributed by atoms with Crippen LogP contribution in [0.3, 0.4) is 0 Å². The third-order valence-electron chi connectivity index (χ3n) is 7.45. The topological polar surface area (TPSA) is 67.8 Å². The summed E-state index contributed by atoms with van der Waals surface area (Å²) in [5.41, 5.74) is 5.13. The Bertz CT molecular complexity index is 1280. The van der Waals surface area contributed by atoms with Gasteiger partial charge in [0, 0.05) is 59.9 Å². The van der Waals surface area contributed by atoms with E-state index in [1.54, 1.807) is 0 Å². The van der Waals surface area contributed by atoms with Crippen LogP contribution in [0.1, 0.15) is 51.8 Å². The first-order chi connectivity index (χ1) is 19.0. The number of rotatable bonds is 10. The molecule has 1 fully saturated rings. The number of esters is 1. The lowest BCUT2D eigenvalue weighted by Gasteiger charge is -2.40. The number of benzene rings is 1. The van der Waals surface area contributed by atoms with E-state index in [9.17, 15) is 4.79 Å². The fourth-order valence-corrected chi connectivity index (χ4v) is 5.05. The summed E-state index contributed by atoms with van der Waals surface area (Å²) in [5, 5.41) is 0.687. The van der Waals surface area contributed by atoms with Gasteiger partial charge < -0.3 is 19.3 Å². The average molecular weight is 565 g/mol. The van der Waals surface area contributed by atoms with Gasteiger partial charge in [-0.15, -0.1) is 0 Å². The fraction of sp³-hybridized carbons (Fsp3) is 0.469. The highest BCUT2D eigenvalue weighted by Crippen LogP contribution is 2.40. The molecule has 0 radical (unpaired) electrons. The lowest BCUT2D eigenvalue weighted by Crippen LogP contribution is -2.38. The van der Waals surface area contributed by atoms with Crippen LogP contribution < -0.4 is 14.5 Å². The van der Waals surface area contributed by atoms with Gasteiger partial charge >= 0.3 is 5.97 Å². The quantitative estimate of drug-likeness (QED) is 0.252. The second kappa shape index (κ2) is 12.9. The van der Waals surface area contributed by atoms with Crippen molar-refractivity contribution in [3.63, 3.8) is 0 Å². The summed E-state index contributed by atoms with van der Waals surface area (Å²) in [7, 11) is 2.00. The molecular weight excluding hydrogens is 524 g/mol. The van der Waals surface area contributed by atoms with Crippen LogP contribution in [0.2, 0.25) is 5.02 Å². The second-order valence-electron chi connectivity index (χ2n) is 11.6. The zero-order valence-electron chi connectivity index (χ0n) is 24.5. The molecule has 7 nitrogen and oxygen atoms in total. The third-order valence-corrected chi connectivity index (χ3v) is 7.70. The van der Waals surface area contributed by atoms with Gasteiger partial charge in [0.25, 0.3) is 0 Å². The van der Waals surface area contributed by atoms with Crippen LogP contribution in [-0.4, -0.2) is 55.3 Å². The van der Waals surface area contributed by atoms with E-state index >= 15 is 0 Å². The number of nitrogens with zero attached hydrogens (tertiary/aromatic N) is 4. The summed E-state index contributed by atoms with van der Waals surface area (Å²) < 4.78 is 11.4. The van der Waals surface area contributed by atoms with E-state index in [-0.39, 0.29) is 18.5 Å². The first-order valence-corrected chi connectivity index (χ1v) is 14.4. The minimum atomic E-state index is -0.230. The van der Waals surface area contributed by atoms with Gasteiger partial charge in [-0.2, -0.15) is 0 Å². The van der Waals surface area contributed by atoms with Gasteiger partial charge in [-0.05, 0) is 75.4 Å². The number of piperidine rings is 1. The van der Waals surface area contributed by atoms with E-state index in [0.717, 1.165) is 65.6 Å². The molecule has 1 aromatic carbocycles. The van der Waals surface area contributed by atoms with E-state index in [0.29, 0.717) is 23.6 Å². The molecule has 3 aromatic rings. The van der Waals surface area contributed by atoms with E-state index in [2.05, 4.69) is 29.7 Å². The summed E-state index contributed by atoms with van der Waals surface area (Å²) in [5.74, 6) is 1.41. The predicted octanol–water partition coefficient (Wildman–Crippen LogP) is 6.74. The van der Waals surface area contributed by atoms with E-state index in [1.807, 2.05) is 70.5 Å². The molecule has 1 aliphatic heterocycles. The number of anilines is 2. The molecule has 214 valence electrons. The maximum Gasteiger partial charge on any atom is 0.310 e. The fourth-order valence-electron chi connectivity index (χ4n) is 4.92. The summed E-state index contributed by atoms with van der Waals surface area (Å²) in [4.78, 5) is 26.7. The standard InChI is InChI=1S/C32H41ClN4O3/c1-22(2)40-30(38)19-27-23(3)34-21-28(31(27)37-15-13-32(4,5)14-16-37)24-7-12-29(35-20-24)36(6)17-18-39-26-10-8-25(33)9-11-26/h7-12,20-22H,13-19H2,1-6H3. The van der Waals surface area contributed by atoms with Crippen molar-refractivity contribution < 1.29 is 14.3 Å². The number of carbonyl (C=O) groups excluding carboxylic acids is 1. The number of hydrogen-bond donors (Lipinski definition) is 0. The Hall–Kier alpha value is -3.32. The minimum Gasteiger partial charge on any atom is -0.492 e. The van der Waals surface area contributed by atoms with Gasteiger partial charge in [0.2, 0.25) is 0 Å². The Labute approximate surface area is 243 Å². The Kier molecular flexibility index (Phi) is 9.56. The summed E-state index contributed by atoms with van der Waals surface area (Å²) >= 11 is 5.96. The zero-order chi connectivity index (χ0) is 28.9. The van der Waals surface area contributed by atoms with Crippen LogP contribution in [0.15, 0.2) is 48.8 Å². The Morgan fingerprint density at radius 3 is 2.40 bits per heavy atom. The van der Waals surface area contributed by atoms with Crippen LogP contribution in [-0.2, 0) is 16.0 Å². The highest BCUT2D eigenvalue weighted by Gasteiger charge is 2.29. The maximum absolute atomic E-state index is 12.8. The van der Waals surface area contributed by atoms with Gasteiger partial charge in [-0.25, -0.2) is 4.98 Å². The van der Waals surface area contributed by atoms with Crippen molar-refractivity contribution in [3.05, 3.63) is 65.1 Å². The predicted molar refractivity (Wildman–Crippen MR) is 163 cm³/mol. The normalized spacial score (nSPS) is 14.8. The monoisotopic (exact) mass is 564 g/mol. The van der Waals surface area contributed by atoms with Crippen molar-refractivity contribution in [2.45, 2.75) is 60.0 Å². The van der Waals surface area contributed by atoms with Crippen molar-refractivity contribution in [1.29, 1.82) is 0 Å². The number of aryl methyl sites for hydroxylation is 1. The molecule has 1 aliphatic rings. The lowest BCUT2D eigenvalue weighted by atomic mass is 9.82. The van der Waals surface area contributed by atoms with Crippen LogP contribution in [0, 0.1) is 12.3 Å². The zero-order valence-corrected chi connectivity index (χ0v) is 25.3. The highest BCUT2D eigenvalue weighted by atomic mass is 35.5. The molecule has 0 amide bonds. The van der Waals surface area contributed by atoms with Gasteiger partial charge in [0.15, 0.2) is 0 Å².